The molecule has 0 fully saturated rings. The van der Waals surface area contributed by atoms with E-state index in [0.29, 0.717) is 5.75 Å². The van der Waals surface area contributed by atoms with Gasteiger partial charge in [-0.25, -0.2) is 0 Å². The van der Waals surface area contributed by atoms with Crippen LogP contribution in [0.2, 0.25) is 0 Å². The molecule has 2 nitrogen and oxygen atoms in total. The Morgan fingerprint density at radius 1 is 1.75 bits per heavy atom. The van der Waals surface area contributed by atoms with E-state index in [-0.39, 0.29) is 0 Å². The van der Waals surface area contributed by atoms with Gasteiger partial charge in [0.15, 0.2) is 5.75 Å². The Labute approximate surface area is 53.1 Å². The smallest absolute Gasteiger partial charge is 0.177 e. The summed E-state index contributed by atoms with van der Waals surface area (Å²) in [4.78, 5) is 0. The van der Waals surface area contributed by atoms with Crippen molar-refractivity contribution in [3.63, 3.8) is 0 Å². The summed E-state index contributed by atoms with van der Waals surface area (Å²) in [7, 11) is 0. The number of hydrogen-bond donors (Lipinski definition) is 1. The third-order valence-electron chi connectivity index (χ3n) is 0.910. The molecular formula is C5H6O2S. The van der Waals surface area contributed by atoms with Gasteiger partial charge in [0.05, 0.1) is 6.26 Å². The predicted molar refractivity (Wildman–Crippen MR) is 33.1 cm³/mol. The molecule has 3 heteroatoms. The maximum atomic E-state index is 4.88. The minimum atomic E-state index is 0.674. The molecular weight excluding hydrogens is 124 g/mol. The van der Waals surface area contributed by atoms with Crippen molar-refractivity contribution in [2.24, 2.45) is 0 Å². The first-order chi connectivity index (χ1) is 3.84. The highest BCUT2D eigenvalue weighted by Gasteiger charge is 1.97. The third-order valence-corrected chi connectivity index (χ3v) is 1.11. The van der Waals surface area contributed by atoms with Gasteiger partial charge in [0.1, 0.15) is 5.76 Å². The Hall–Kier alpha value is -0.570. The van der Waals surface area contributed by atoms with Crippen LogP contribution in [0.1, 0.15) is 5.76 Å². The van der Waals surface area contributed by atoms with Crippen LogP contribution in [0.15, 0.2) is 16.7 Å². The highest BCUT2D eigenvalue weighted by atomic mass is 32.1. The van der Waals surface area contributed by atoms with Crippen LogP contribution in [0.4, 0.5) is 0 Å². The quantitative estimate of drug-likeness (QED) is 0.462. The van der Waals surface area contributed by atoms with Gasteiger partial charge in [-0.2, -0.15) is 0 Å². The molecule has 0 radical (unpaired) electrons. The summed E-state index contributed by atoms with van der Waals surface area (Å²) < 4.78 is 9.47. The zero-order valence-corrected chi connectivity index (χ0v) is 5.31. The maximum absolute atomic E-state index is 4.88. The van der Waals surface area contributed by atoms with Crippen LogP contribution >= 0.6 is 12.9 Å². The molecule has 44 valence electrons. The SMILES string of the molecule is Cc1occc1OS. The van der Waals surface area contributed by atoms with Gasteiger partial charge in [-0.1, -0.05) is 0 Å². The minimum absolute atomic E-state index is 0.674. The lowest BCUT2D eigenvalue weighted by Gasteiger charge is -1.88. The van der Waals surface area contributed by atoms with Gasteiger partial charge in [0.2, 0.25) is 0 Å². The van der Waals surface area contributed by atoms with Crippen LogP contribution < -0.4 is 4.18 Å². The van der Waals surface area contributed by atoms with E-state index in [9.17, 15) is 0 Å². The summed E-state index contributed by atoms with van der Waals surface area (Å²) in [5.74, 6) is 1.42. The Balaban J connectivity index is 2.92. The lowest BCUT2D eigenvalue weighted by atomic mass is 10.5. The Kier molecular flexibility index (Phi) is 1.48. The van der Waals surface area contributed by atoms with Gasteiger partial charge < -0.3 is 8.60 Å². The fraction of sp³-hybridized carbons (Fsp3) is 0.200. The molecule has 0 saturated heterocycles. The molecule has 0 aliphatic carbocycles. The number of rotatable bonds is 1. The molecule has 1 heterocycles. The number of thiol groups is 1. The second-order valence-electron chi connectivity index (χ2n) is 1.43. The van der Waals surface area contributed by atoms with Crippen molar-refractivity contribution in [1.82, 2.24) is 0 Å². The van der Waals surface area contributed by atoms with Crippen molar-refractivity contribution in [2.45, 2.75) is 6.92 Å². The normalized spacial score (nSPS) is 9.25. The highest BCUT2D eigenvalue weighted by Crippen LogP contribution is 2.18. The Morgan fingerprint density at radius 3 is 2.75 bits per heavy atom. The van der Waals surface area contributed by atoms with Crippen molar-refractivity contribution in [1.29, 1.82) is 0 Å². The van der Waals surface area contributed by atoms with Gasteiger partial charge in [0.25, 0.3) is 0 Å². The van der Waals surface area contributed by atoms with Crippen LogP contribution in [-0.2, 0) is 0 Å². The van der Waals surface area contributed by atoms with E-state index in [1.54, 1.807) is 12.3 Å². The molecule has 0 atom stereocenters. The summed E-state index contributed by atoms with van der Waals surface area (Å²) in [6, 6.07) is 1.71. The van der Waals surface area contributed by atoms with Crippen LogP contribution in [-0.4, -0.2) is 0 Å². The average Bonchev–Trinajstić information content (AvgIpc) is 2.14. The minimum Gasteiger partial charge on any atom is -0.466 e. The van der Waals surface area contributed by atoms with Crippen molar-refractivity contribution >= 4 is 12.9 Å². The van der Waals surface area contributed by atoms with Crippen molar-refractivity contribution < 1.29 is 8.60 Å². The molecule has 0 N–H and O–H groups in total. The lowest BCUT2D eigenvalue weighted by molar-refractivity contribution is 0.514. The fourth-order valence-electron chi connectivity index (χ4n) is 0.468. The maximum Gasteiger partial charge on any atom is 0.177 e. The third kappa shape index (κ3) is 0.816. The molecule has 0 spiro atoms. The topological polar surface area (TPSA) is 22.4 Å². The molecule has 0 bridgehead atoms. The molecule has 1 rings (SSSR count). The molecule has 0 aliphatic heterocycles. The summed E-state index contributed by atoms with van der Waals surface area (Å²) in [6.45, 7) is 1.81. The first-order valence-corrected chi connectivity index (χ1v) is 2.56. The summed E-state index contributed by atoms with van der Waals surface area (Å²) >= 11 is 3.59. The molecule has 1 aromatic heterocycles. The molecule has 8 heavy (non-hydrogen) atoms. The van der Waals surface area contributed by atoms with Gasteiger partial charge in [-0.05, 0) is 6.92 Å². The number of hydrogen-bond acceptors (Lipinski definition) is 3. The van der Waals surface area contributed by atoms with Crippen LogP contribution in [0.25, 0.3) is 0 Å². The molecule has 0 amide bonds. The van der Waals surface area contributed by atoms with E-state index in [0.717, 1.165) is 5.76 Å². The van der Waals surface area contributed by atoms with Crippen LogP contribution in [0.3, 0.4) is 0 Å². The summed E-state index contributed by atoms with van der Waals surface area (Å²) in [5, 5.41) is 0. The van der Waals surface area contributed by atoms with Crippen molar-refractivity contribution in [2.75, 3.05) is 0 Å². The van der Waals surface area contributed by atoms with E-state index in [1.807, 2.05) is 6.92 Å². The first-order valence-electron chi connectivity index (χ1n) is 2.20. The monoisotopic (exact) mass is 130 g/mol. The molecule has 0 unspecified atom stereocenters. The van der Waals surface area contributed by atoms with Gasteiger partial charge in [-0.15, -0.1) is 0 Å². The van der Waals surface area contributed by atoms with Crippen molar-refractivity contribution in [3.05, 3.63) is 18.1 Å². The first kappa shape index (κ1) is 5.56. The number of furan rings is 1. The summed E-state index contributed by atoms with van der Waals surface area (Å²) in [6.07, 6.45) is 1.56. The van der Waals surface area contributed by atoms with Gasteiger partial charge >= 0.3 is 0 Å². The second kappa shape index (κ2) is 2.13. The zero-order chi connectivity index (χ0) is 5.98. The number of aryl methyl sites for hydroxylation is 1. The van der Waals surface area contributed by atoms with Crippen LogP contribution in [0, 0.1) is 6.92 Å². The largest absolute Gasteiger partial charge is 0.466 e. The fourth-order valence-corrected chi connectivity index (χ4v) is 0.657. The lowest BCUT2D eigenvalue weighted by Crippen LogP contribution is -1.70. The average molecular weight is 130 g/mol. The molecule has 0 aromatic carbocycles. The Morgan fingerprint density at radius 2 is 2.50 bits per heavy atom. The second-order valence-corrected chi connectivity index (χ2v) is 1.61. The Bertz CT molecular complexity index is 171. The molecule has 0 aliphatic rings. The van der Waals surface area contributed by atoms with E-state index in [2.05, 4.69) is 17.1 Å². The van der Waals surface area contributed by atoms with E-state index < -0.39 is 0 Å². The zero-order valence-electron chi connectivity index (χ0n) is 4.42. The molecule has 1 aromatic rings. The van der Waals surface area contributed by atoms with Gasteiger partial charge in [-0.3, -0.25) is 0 Å². The standard InChI is InChI=1S/C5H6O2S/c1-4-5(7-8)2-3-6-4/h2-3,8H,1H3. The van der Waals surface area contributed by atoms with E-state index in [4.69, 9.17) is 4.42 Å². The predicted octanol–water partition coefficient (Wildman–Crippen LogP) is 1.81. The molecule has 0 saturated carbocycles. The highest BCUT2D eigenvalue weighted by molar-refractivity contribution is 7.75. The van der Waals surface area contributed by atoms with Gasteiger partial charge in [0, 0.05) is 19.0 Å². The summed E-state index contributed by atoms with van der Waals surface area (Å²) in [5.41, 5.74) is 0. The van der Waals surface area contributed by atoms with E-state index in [1.165, 1.54) is 0 Å². The van der Waals surface area contributed by atoms with Crippen LogP contribution in [0.5, 0.6) is 5.75 Å². The van der Waals surface area contributed by atoms with Crippen molar-refractivity contribution in [3.8, 4) is 5.75 Å². The van der Waals surface area contributed by atoms with E-state index >= 15 is 0 Å².